The van der Waals surface area contributed by atoms with E-state index in [1.807, 2.05) is 0 Å². The Balaban J connectivity index is 2.24. The Hall–Kier alpha value is -0.300. The van der Waals surface area contributed by atoms with Crippen LogP contribution in [0.15, 0.2) is 11.6 Å². The maximum atomic E-state index is 2.55. The predicted molar refractivity (Wildman–Crippen MR) is 49.7 cm³/mol. The van der Waals surface area contributed by atoms with Crippen LogP contribution in [-0.2, 0) is 0 Å². The van der Waals surface area contributed by atoms with Crippen LogP contribution in [0.1, 0.15) is 33.1 Å². The van der Waals surface area contributed by atoms with Crippen LogP contribution < -0.4 is 0 Å². The zero-order valence-corrected chi connectivity index (χ0v) is 7.77. The van der Waals surface area contributed by atoms with Gasteiger partial charge in [0, 0.05) is 6.54 Å². The zero-order valence-electron chi connectivity index (χ0n) is 7.77. The lowest BCUT2D eigenvalue weighted by Gasteiger charge is -2.26. The smallest absolute Gasteiger partial charge is 0.0189 e. The Kier molecular flexibility index (Phi) is 3.64. The summed E-state index contributed by atoms with van der Waals surface area (Å²) in [7, 11) is 0. The van der Waals surface area contributed by atoms with Gasteiger partial charge in [-0.25, -0.2) is 0 Å². The monoisotopic (exact) mass is 153 g/mol. The van der Waals surface area contributed by atoms with E-state index in [-0.39, 0.29) is 0 Å². The molecule has 0 radical (unpaired) electrons. The Morgan fingerprint density at radius 2 is 1.91 bits per heavy atom. The SMILES string of the molecule is CC=C(C)CN1CCCCC1. The largest absolute Gasteiger partial charge is 0.299 e. The van der Waals surface area contributed by atoms with E-state index in [4.69, 9.17) is 0 Å². The summed E-state index contributed by atoms with van der Waals surface area (Å²) in [5, 5.41) is 0. The van der Waals surface area contributed by atoms with Crippen LogP contribution in [-0.4, -0.2) is 24.5 Å². The lowest BCUT2D eigenvalue weighted by Crippen LogP contribution is -2.30. The van der Waals surface area contributed by atoms with Gasteiger partial charge in [0.2, 0.25) is 0 Å². The van der Waals surface area contributed by atoms with Gasteiger partial charge in [-0.3, -0.25) is 4.90 Å². The van der Waals surface area contributed by atoms with Crippen LogP contribution in [0.3, 0.4) is 0 Å². The molecule has 0 N–H and O–H groups in total. The molecular formula is C10H19N. The number of piperidine rings is 1. The minimum Gasteiger partial charge on any atom is -0.299 e. The van der Waals surface area contributed by atoms with Gasteiger partial charge in [0.05, 0.1) is 0 Å². The summed E-state index contributed by atoms with van der Waals surface area (Å²) in [5.74, 6) is 0. The highest BCUT2D eigenvalue weighted by Gasteiger charge is 2.08. The van der Waals surface area contributed by atoms with E-state index in [1.165, 1.54) is 44.5 Å². The fourth-order valence-electron chi connectivity index (χ4n) is 1.56. The predicted octanol–water partition coefficient (Wildman–Crippen LogP) is 2.44. The molecule has 1 saturated heterocycles. The topological polar surface area (TPSA) is 3.24 Å². The molecule has 0 amide bonds. The highest BCUT2D eigenvalue weighted by atomic mass is 15.1. The summed E-state index contributed by atoms with van der Waals surface area (Å²) in [6.45, 7) is 8.15. The molecule has 0 aromatic carbocycles. The molecule has 0 unspecified atom stereocenters. The van der Waals surface area contributed by atoms with Crippen molar-refractivity contribution in [3.05, 3.63) is 11.6 Å². The quantitative estimate of drug-likeness (QED) is 0.551. The number of hydrogen-bond donors (Lipinski definition) is 0. The van der Waals surface area contributed by atoms with E-state index in [1.54, 1.807) is 0 Å². The minimum atomic E-state index is 1.19. The van der Waals surface area contributed by atoms with E-state index in [0.29, 0.717) is 0 Å². The fourth-order valence-corrected chi connectivity index (χ4v) is 1.56. The average molecular weight is 153 g/mol. The second kappa shape index (κ2) is 4.55. The molecule has 0 atom stereocenters. The van der Waals surface area contributed by atoms with Crippen LogP contribution in [0.25, 0.3) is 0 Å². The third kappa shape index (κ3) is 3.06. The first-order chi connectivity index (χ1) is 5.33. The lowest BCUT2D eigenvalue weighted by atomic mass is 10.1. The van der Waals surface area contributed by atoms with Gasteiger partial charge in [-0.1, -0.05) is 18.1 Å². The molecule has 1 heterocycles. The molecular weight excluding hydrogens is 134 g/mol. The maximum Gasteiger partial charge on any atom is 0.0189 e. The number of nitrogens with zero attached hydrogens (tertiary/aromatic N) is 1. The third-order valence-electron chi connectivity index (χ3n) is 2.41. The summed E-state index contributed by atoms with van der Waals surface area (Å²) in [6, 6.07) is 0. The second-order valence-corrected chi connectivity index (χ2v) is 3.47. The molecule has 1 aliphatic rings. The Labute approximate surface area is 70.1 Å². The maximum absolute atomic E-state index is 2.55. The zero-order chi connectivity index (χ0) is 8.10. The van der Waals surface area contributed by atoms with E-state index in [9.17, 15) is 0 Å². The fraction of sp³-hybridized carbons (Fsp3) is 0.800. The molecule has 1 rings (SSSR count). The van der Waals surface area contributed by atoms with Crippen LogP contribution in [0, 0.1) is 0 Å². The molecule has 0 saturated carbocycles. The number of rotatable bonds is 2. The summed E-state index contributed by atoms with van der Waals surface area (Å²) >= 11 is 0. The van der Waals surface area contributed by atoms with E-state index in [2.05, 4.69) is 24.8 Å². The van der Waals surface area contributed by atoms with Gasteiger partial charge in [-0.2, -0.15) is 0 Å². The first-order valence-corrected chi connectivity index (χ1v) is 4.67. The Bertz CT molecular complexity index is 132. The normalized spacial score (nSPS) is 22.2. The van der Waals surface area contributed by atoms with E-state index >= 15 is 0 Å². The summed E-state index contributed by atoms with van der Waals surface area (Å²) in [5.41, 5.74) is 1.51. The van der Waals surface area contributed by atoms with Crippen molar-refractivity contribution in [3.63, 3.8) is 0 Å². The summed E-state index contributed by atoms with van der Waals surface area (Å²) in [4.78, 5) is 2.55. The van der Waals surface area contributed by atoms with Gasteiger partial charge in [0.1, 0.15) is 0 Å². The van der Waals surface area contributed by atoms with Gasteiger partial charge >= 0.3 is 0 Å². The van der Waals surface area contributed by atoms with Gasteiger partial charge < -0.3 is 0 Å². The Morgan fingerprint density at radius 1 is 1.27 bits per heavy atom. The van der Waals surface area contributed by atoms with E-state index in [0.717, 1.165) is 0 Å². The van der Waals surface area contributed by atoms with Crippen molar-refractivity contribution >= 4 is 0 Å². The minimum absolute atomic E-state index is 1.19. The molecule has 1 nitrogen and oxygen atoms in total. The van der Waals surface area contributed by atoms with Gasteiger partial charge in [0.25, 0.3) is 0 Å². The van der Waals surface area contributed by atoms with Crippen molar-refractivity contribution in [1.82, 2.24) is 4.90 Å². The molecule has 1 fully saturated rings. The van der Waals surface area contributed by atoms with Gasteiger partial charge in [0.15, 0.2) is 0 Å². The average Bonchev–Trinajstić information content (AvgIpc) is 2.06. The van der Waals surface area contributed by atoms with Gasteiger partial charge in [-0.05, 0) is 39.8 Å². The van der Waals surface area contributed by atoms with Crippen molar-refractivity contribution in [2.75, 3.05) is 19.6 Å². The summed E-state index contributed by atoms with van der Waals surface area (Å²) < 4.78 is 0. The van der Waals surface area contributed by atoms with Crippen LogP contribution in [0.5, 0.6) is 0 Å². The van der Waals surface area contributed by atoms with Crippen molar-refractivity contribution in [3.8, 4) is 0 Å². The van der Waals surface area contributed by atoms with Crippen LogP contribution in [0.2, 0.25) is 0 Å². The first-order valence-electron chi connectivity index (χ1n) is 4.67. The highest BCUT2D eigenvalue weighted by molar-refractivity contribution is 4.98. The summed E-state index contributed by atoms with van der Waals surface area (Å²) in [6.07, 6.45) is 6.45. The highest BCUT2D eigenvalue weighted by Crippen LogP contribution is 2.09. The van der Waals surface area contributed by atoms with E-state index < -0.39 is 0 Å². The lowest BCUT2D eigenvalue weighted by molar-refractivity contribution is 0.246. The molecule has 0 aromatic heterocycles. The van der Waals surface area contributed by atoms with Gasteiger partial charge in [-0.15, -0.1) is 0 Å². The van der Waals surface area contributed by atoms with Crippen molar-refractivity contribution in [2.45, 2.75) is 33.1 Å². The number of hydrogen-bond acceptors (Lipinski definition) is 1. The molecule has 64 valence electrons. The molecule has 0 aromatic rings. The molecule has 0 aliphatic carbocycles. The van der Waals surface area contributed by atoms with Crippen molar-refractivity contribution in [2.24, 2.45) is 0 Å². The Morgan fingerprint density at radius 3 is 2.45 bits per heavy atom. The van der Waals surface area contributed by atoms with Crippen molar-refractivity contribution < 1.29 is 0 Å². The number of likely N-dealkylation sites (tertiary alicyclic amines) is 1. The third-order valence-corrected chi connectivity index (χ3v) is 2.41. The molecule has 11 heavy (non-hydrogen) atoms. The standard InChI is InChI=1S/C10H19N/c1-3-10(2)9-11-7-5-4-6-8-11/h3H,4-9H2,1-2H3. The molecule has 1 aliphatic heterocycles. The van der Waals surface area contributed by atoms with Crippen LogP contribution >= 0.6 is 0 Å². The van der Waals surface area contributed by atoms with Crippen molar-refractivity contribution in [1.29, 1.82) is 0 Å². The number of allylic oxidation sites excluding steroid dienone is 1. The van der Waals surface area contributed by atoms with Crippen LogP contribution in [0.4, 0.5) is 0 Å². The molecule has 0 bridgehead atoms. The molecule has 1 heteroatoms. The first kappa shape index (κ1) is 8.79. The second-order valence-electron chi connectivity index (χ2n) is 3.47. The molecule has 0 spiro atoms.